The van der Waals surface area contributed by atoms with Gasteiger partial charge in [0.25, 0.3) is 0 Å². The molecular weight excluding hydrogens is 475 g/mol. The van der Waals surface area contributed by atoms with Crippen LogP contribution in [0.4, 0.5) is 0 Å². The van der Waals surface area contributed by atoms with Crippen LogP contribution in [0.15, 0.2) is 48.5 Å². The zero-order chi connectivity index (χ0) is 18.8. The summed E-state index contributed by atoms with van der Waals surface area (Å²) in [6, 6.07) is 17.3. The number of H-pyrrole nitrogens is 1. The molecule has 0 atom stereocenters. The van der Waals surface area contributed by atoms with E-state index in [1.165, 1.54) is 20.3 Å². The molecule has 2 aromatic heterocycles. The molecule has 0 spiro atoms. The van der Waals surface area contributed by atoms with E-state index in [-0.39, 0.29) is 37.2 Å². The summed E-state index contributed by atoms with van der Waals surface area (Å²) in [6.45, 7) is 6.80. The van der Waals surface area contributed by atoms with Crippen molar-refractivity contribution in [3.63, 3.8) is 0 Å². The standard InChI is InChI=1S/C22H24N4OS.3ClH/c1-2-4-19-18(3-1)21-22(28-19)20(24-25-21)17-7-5-16(6-8-17)15-23-9-10-26-11-13-27-14-12-26;;;/h1-8,23H,9-15H2,(H,24,25);3*1H. The topological polar surface area (TPSA) is 53.2 Å². The van der Waals surface area contributed by atoms with E-state index < -0.39 is 0 Å². The third-order valence-corrected chi connectivity index (χ3v) is 6.53. The quantitative estimate of drug-likeness (QED) is 0.360. The number of thiophene rings is 1. The number of ether oxygens (including phenoxy) is 1. The molecule has 1 saturated heterocycles. The first-order valence-corrected chi connectivity index (χ1v) is 10.7. The molecule has 4 aromatic rings. The van der Waals surface area contributed by atoms with E-state index in [1.54, 1.807) is 11.3 Å². The van der Waals surface area contributed by atoms with E-state index in [1.807, 2.05) is 0 Å². The lowest BCUT2D eigenvalue weighted by Gasteiger charge is -2.26. The number of halogens is 3. The first-order valence-electron chi connectivity index (χ1n) is 9.84. The molecule has 5 rings (SSSR count). The summed E-state index contributed by atoms with van der Waals surface area (Å²) in [5.41, 5.74) is 4.65. The summed E-state index contributed by atoms with van der Waals surface area (Å²) in [7, 11) is 0. The molecular formula is C22H27Cl3N4OS. The Kier molecular flexibility index (Phi) is 10.0. The minimum absolute atomic E-state index is 0. The predicted molar refractivity (Wildman–Crippen MR) is 138 cm³/mol. The maximum absolute atomic E-state index is 5.39. The van der Waals surface area contributed by atoms with Crippen molar-refractivity contribution in [2.45, 2.75) is 6.54 Å². The summed E-state index contributed by atoms with van der Waals surface area (Å²) >= 11 is 1.80. The second kappa shape index (κ2) is 12.0. The Morgan fingerprint density at radius 1 is 1.00 bits per heavy atom. The van der Waals surface area contributed by atoms with Gasteiger partial charge in [0.1, 0.15) is 5.69 Å². The highest BCUT2D eigenvalue weighted by atomic mass is 35.5. The van der Waals surface area contributed by atoms with Crippen molar-refractivity contribution >= 4 is 68.9 Å². The van der Waals surface area contributed by atoms with Crippen molar-refractivity contribution in [1.82, 2.24) is 20.4 Å². The number of hydrogen-bond donors (Lipinski definition) is 2. The lowest BCUT2D eigenvalue weighted by molar-refractivity contribution is 0.0384. The van der Waals surface area contributed by atoms with Crippen LogP contribution < -0.4 is 5.32 Å². The van der Waals surface area contributed by atoms with Crippen molar-refractivity contribution in [2.24, 2.45) is 0 Å². The summed E-state index contributed by atoms with van der Waals surface area (Å²) in [5, 5.41) is 12.6. The van der Waals surface area contributed by atoms with Crippen LogP contribution in [0, 0.1) is 0 Å². The summed E-state index contributed by atoms with van der Waals surface area (Å²) in [4.78, 5) is 2.45. The van der Waals surface area contributed by atoms with Gasteiger partial charge in [0.2, 0.25) is 0 Å². The van der Waals surface area contributed by atoms with Crippen molar-refractivity contribution in [1.29, 1.82) is 0 Å². The van der Waals surface area contributed by atoms with Crippen molar-refractivity contribution in [3.05, 3.63) is 54.1 Å². The largest absolute Gasteiger partial charge is 0.379 e. The van der Waals surface area contributed by atoms with Crippen molar-refractivity contribution in [2.75, 3.05) is 39.4 Å². The van der Waals surface area contributed by atoms with Gasteiger partial charge in [-0.2, -0.15) is 5.10 Å². The molecule has 31 heavy (non-hydrogen) atoms. The number of aromatic nitrogens is 2. The Balaban J connectivity index is 0.00000114. The van der Waals surface area contributed by atoms with E-state index in [0.717, 1.165) is 62.7 Å². The van der Waals surface area contributed by atoms with Gasteiger partial charge in [0.05, 0.1) is 23.4 Å². The molecule has 2 aromatic carbocycles. The predicted octanol–water partition coefficient (Wildman–Crippen LogP) is 5.13. The van der Waals surface area contributed by atoms with E-state index in [4.69, 9.17) is 4.74 Å². The first-order chi connectivity index (χ1) is 13.9. The maximum Gasteiger partial charge on any atom is 0.110 e. The average molecular weight is 502 g/mol. The van der Waals surface area contributed by atoms with Crippen LogP contribution in [0.3, 0.4) is 0 Å². The molecule has 0 bridgehead atoms. The van der Waals surface area contributed by atoms with Crippen LogP contribution in [0.2, 0.25) is 0 Å². The number of aromatic amines is 1. The van der Waals surface area contributed by atoms with E-state index in [2.05, 4.69) is 68.9 Å². The molecule has 0 saturated carbocycles. The zero-order valence-electron chi connectivity index (χ0n) is 17.0. The lowest BCUT2D eigenvalue weighted by atomic mass is 10.1. The summed E-state index contributed by atoms with van der Waals surface area (Å²) in [6.07, 6.45) is 0. The minimum Gasteiger partial charge on any atom is -0.379 e. The summed E-state index contributed by atoms with van der Waals surface area (Å²) in [5.74, 6) is 0. The minimum atomic E-state index is 0. The summed E-state index contributed by atoms with van der Waals surface area (Å²) < 4.78 is 7.93. The smallest absolute Gasteiger partial charge is 0.110 e. The number of rotatable bonds is 6. The number of hydrogen-bond acceptors (Lipinski definition) is 5. The molecule has 2 N–H and O–H groups in total. The average Bonchev–Trinajstić information content (AvgIpc) is 3.32. The molecule has 1 aliphatic rings. The number of morpholine rings is 1. The van der Waals surface area contributed by atoms with E-state index in [9.17, 15) is 0 Å². The molecule has 0 unspecified atom stereocenters. The SMILES string of the molecule is Cl.Cl.Cl.c1ccc2c(c1)sc1c(-c3ccc(CNCCN4CCOCC4)cc3)n[nH]c12. The Bertz CT molecular complexity index is 1080. The Hall–Kier alpha value is -1.38. The van der Waals surface area contributed by atoms with Crippen LogP contribution in [0.5, 0.6) is 0 Å². The van der Waals surface area contributed by atoms with E-state index in [0.29, 0.717) is 0 Å². The number of nitrogens with one attached hydrogen (secondary N) is 2. The highest BCUT2D eigenvalue weighted by Crippen LogP contribution is 2.38. The van der Waals surface area contributed by atoms with Gasteiger partial charge in [-0.3, -0.25) is 10.00 Å². The number of fused-ring (bicyclic) bond motifs is 3. The van der Waals surface area contributed by atoms with Gasteiger partial charge >= 0.3 is 0 Å². The normalized spacial score (nSPS) is 14.1. The van der Waals surface area contributed by atoms with Gasteiger partial charge in [-0.1, -0.05) is 42.5 Å². The Labute approximate surface area is 204 Å². The number of benzene rings is 2. The molecule has 1 aliphatic heterocycles. The molecule has 0 aliphatic carbocycles. The number of nitrogens with zero attached hydrogens (tertiary/aromatic N) is 2. The Morgan fingerprint density at radius 2 is 1.74 bits per heavy atom. The third kappa shape index (κ3) is 5.71. The monoisotopic (exact) mass is 500 g/mol. The van der Waals surface area contributed by atoms with Crippen molar-refractivity contribution < 1.29 is 4.74 Å². The zero-order valence-corrected chi connectivity index (χ0v) is 20.3. The molecule has 5 nitrogen and oxygen atoms in total. The van der Waals surface area contributed by atoms with Crippen LogP contribution >= 0.6 is 48.6 Å². The second-order valence-corrected chi connectivity index (χ2v) is 8.25. The van der Waals surface area contributed by atoms with Gasteiger partial charge in [0.15, 0.2) is 0 Å². The molecule has 0 radical (unpaired) electrons. The highest BCUT2D eigenvalue weighted by molar-refractivity contribution is 7.26. The second-order valence-electron chi connectivity index (χ2n) is 7.20. The Morgan fingerprint density at radius 3 is 2.52 bits per heavy atom. The lowest BCUT2D eigenvalue weighted by Crippen LogP contribution is -2.40. The van der Waals surface area contributed by atoms with Gasteiger partial charge < -0.3 is 10.1 Å². The van der Waals surface area contributed by atoms with Gasteiger partial charge in [-0.15, -0.1) is 48.6 Å². The maximum atomic E-state index is 5.39. The van der Waals surface area contributed by atoms with Gasteiger partial charge in [-0.25, -0.2) is 0 Å². The third-order valence-electron chi connectivity index (χ3n) is 5.36. The molecule has 3 heterocycles. The van der Waals surface area contributed by atoms with Crippen LogP contribution in [-0.4, -0.2) is 54.5 Å². The van der Waals surface area contributed by atoms with Gasteiger partial charge in [-0.05, 0) is 11.6 Å². The van der Waals surface area contributed by atoms with Crippen LogP contribution in [0.1, 0.15) is 5.56 Å². The fourth-order valence-electron chi connectivity index (χ4n) is 3.76. The fourth-order valence-corrected chi connectivity index (χ4v) is 4.92. The van der Waals surface area contributed by atoms with Crippen molar-refractivity contribution in [3.8, 4) is 11.3 Å². The first kappa shape index (κ1) is 25.9. The molecule has 1 fully saturated rings. The molecule has 0 amide bonds. The van der Waals surface area contributed by atoms with Gasteiger partial charge in [0, 0.05) is 48.4 Å². The van der Waals surface area contributed by atoms with Crippen LogP contribution in [0.25, 0.3) is 31.6 Å². The van der Waals surface area contributed by atoms with E-state index >= 15 is 0 Å². The highest BCUT2D eigenvalue weighted by Gasteiger charge is 2.14. The fraction of sp³-hybridized carbons (Fsp3) is 0.318. The van der Waals surface area contributed by atoms with Crippen LogP contribution in [-0.2, 0) is 11.3 Å². The molecule has 9 heteroatoms. The molecule has 168 valence electrons.